The lowest BCUT2D eigenvalue weighted by molar-refractivity contribution is -0.120. The molecule has 88 valence electrons. The van der Waals surface area contributed by atoms with Crippen molar-refractivity contribution in [3.63, 3.8) is 0 Å². The largest absolute Gasteiger partial charge is 0.355 e. The predicted molar refractivity (Wildman–Crippen MR) is 61.8 cm³/mol. The van der Waals surface area contributed by atoms with Gasteiger partial charge in [-0.3, -0.25) is 4.79 Å². The number of nitrogens with zero attached hydrogens (tertiary/aromatic N) is 1. The van der Waals surface area contributed by atoms with Crippen molar-refractivity contribution in [3.05, 3.63) is 0 Å². The molecule has 1 saturated carbocycles. The maximum Gasteiger partial charge on any atom is 0.233 e. The summed E-state index contributed by atoms with van der Waals surface area (Å²) >= 11 is 0. The minimum absolute atomic E-state index is 0.120. The molecule has 0 aromatic carbocycles. The van der Waals surface area contributed by atoms with Gasteiger partial charge in [-0.05, 0) is 52.4 Å². The van der Waals surface area contributed by atoms with Gasteiger partial charge in [0.15, 0.2) is 0 Å². The highest BCUT2D eigenvalue weighted by atomic mass is 16.1. The summed E-state index contributed by atoms with van der Waals surface area (Å²) in [5.41, 5.74) is 0. The number of rotatable bonds is 8. The molecule has 1 fully saturated rings. The zero-order valence-corrected chi connectivity index (χ0v) is 9.88. The minimum atomic E-state index is 0.120. The Hall–Kier alpha value is -0.610. The fourth-order valence-corrected chi connectivity index (χ4v) is 1.40. The molecule has 0 heterocycles. The lowest BCUT2D eigenvalue weighted by Crippen LogP contribution is -2.35. The number of hydrogen-bond acceptors (Lipinski definition) is 3. The molecule has 4 nitrogen and oxygen atoms in total. The van der Waals surface area contributed by atoms with E-state index in [2.05, 4.69) is 15.5 Å². The SMILES string of the molecule is CN(C)CCCNC(=O)CNCC1CC1. The van der Waals surface area contributed by atoms with E-state index in [1.165, 1.54) is 12.8 Å². The molecule has 4 heteroatoms. The molecule has 0 bridgehead atoms. The van der Waals surface area contributed by atoms with Crippen molar-refractivity contribution in [2.75, 3.05) is 40.3 Å². The molecule has 0 aliphatic heterocycles. The highest BCUT2D eigenvalue weighted by Gasteiger charge is 2.20. The van der Waals surface area contributed by atoms with Crippen molar-refractivity contribution in [2.24, 2.45) is 5.92 Å². The maximum absolute atomic E-state index is 11.3. The van der Waals surface area contributed by atoms with Crippen molar-refractivity contribution >= 4 is 5.91 Å². The van der Waals surface area contributed by atoms with Crippen LogP contribution in [0.15, 0.2) is 0 Å². The Balaban J connectivity index is 1.84. The Bertz CT molecular complexity index is 190. The number of carbonyl (C=O) groups excluding carboxylic acids is 1. The summed E-state index contributed by atoms with van der Waals surface area (Å²) in [4.78, 5) is 13.4. The summed E-state index contributed by atoms with van der Waals surface area (Å²) in [6, 6.07) is 0. The van der Waals surface area contributed by atoms with Crippen LogP contribution in [-0.4, -0.2) is 51.1 Å². The van der Waals surface area contributed by atoms with Gasteiger partial charge < -0.3 is 15.5 Å². The van der Waals surface area contributed by atoms with E-state index in [0.29, 0.717) is 6.54 Å². The molecule has 0 radical (unpaired) electrons. The second-order valence-electron chi connectivity index (χ2n) is 4.58. The Labute approximate surface area is 92.4 Å². The summed E-state index contributed by atoms with van der Waals surface area (Å²) in [7, 11) is 4.08. The Kier molecular flexibility index (Phi) is 5.65. The number of hydrogen-bond donors (Lipinski definition) is 2. The van der Waals surface area contributed by atoms with Crippen LogP contribution in [0.1, 0.15) is 19.3 Å². The molecule has 0 aromatic rings. The first-order valence-electron chi connectivity index (χ1n) is 5.80. The molecule has 1 rings (SSSR count). The monoisotopic (exact) mass is 213 g/mol. The maximum atomic E-state index is 11.3. The van der Waals surface area contributed by atoms with Crippen LogP contribution in [0, 0.1) is 5.92 Å². The smallest absolute Gasteiger partial charge is 0.233 e. The van der Waals surface area contributed by atoms with Crippen LogP contribution in [0.4, 0.5) is 0 Å². The molecular formula is C11H23N3O. The van der Waals surface area contributed by atoms with Gasteiger partial charge in [0.1, 0.15) is 0 Å². The fourth-order valence-electron chi connectivity index (χ4n) is 1.40. The summed E-state index contributed by atoms with van der Waals surface area (Å²) in [6.07, 6.45) is 3.68. The first-order chi connectivity index (χ1) is 7.18. The van der Waals surface area contributed by atoms with Crippen molar-refractivity contribution < 1.29 is 4.79 Å². The summed E-state index contributed by atoms with van der Waals surface area (Å²) < 4.78 is 0. The molecule has 1 amide bonds. The molecule has 2 N–H and O–H groups in total. The van der Waals surface area contributed by atoms with E-state index < -0.39 is 0 Å². The predicted octanol–water partition coefficient (Wildman–Crippen LogP) is 0.0539. The standard InChI is InChI=1S/C11H23N3O/c1-14(2)7-3-6-13-11(15)9-12-8-10-4-5-10/h10,12H,3-9H2,1-2H3,(H,13,15). The van der Waals surface area contributed by atoms with Gasteiger partial charge in [-0.1, -0.05) is 0 Å². The molecular weight excluding hydrogens is 190 g/mol. The molecule has 1 aliphatic carbocycles. The van der Waals surface area contributed by atoms with E-state index in [1.807, 2.05) is 14.1 Å². The van der Waals surface area contributed by atoms with Gasteiger partial charge >= 0.3 is 0 Å². The van der Waals surface area contributed by atoms with Gasteiger partial charge in [0.05, 0.1) is 6.54 Å². The number of amides is 1. The van der Waals surface area contributed by atoms with Crippen LogP contribution in [-0.2, 0) is 4.79 Å². The van der Waals surface area contributed by atoms with Gasteiger partial charge in [-0.25, -0.2) is 0 Å². The van der Waals surface area contributed by atoms with Gasteiger partial charge in [0, 0.05) is 6.54 Å². The van der Waals surface area contributed by atoms with E-state index in [-0.39, 0.29) is 5.91 Å². The van der Waals surface area contributed by atoms with Gasteiger partial charge in [0.2, 0.25) is 5.91 Å². The zero-order chi connectivity index (χ0) is 11.1. The van der Waals surface area contributed by atoms with Crippen molar-refractivity contribution in [1.29, 1.82) is 0 Å². The number of carbonyl (C=O) groups is 1. The second-order valence-corrected chi connectivity index (χ2v) is 4.58. The van der Waals surface area contributed by atoms with Crippen LogP contribution in [0.3, 0.4) is 0 Å². The molecule has 0 atom stereocenters. The summed E-state index contributed by atoms with van der Waals surface area (Å²) in [5, 5.41) is 6.08. The fraction of sp³-hybridized carbons (Fsp3) is 0.909. The lowest BCUT2D eigenvalue weighted by atomic mass is 10.4. The average Bonchev–Trinajstić information content (AvgIpc) is 2.96. The number of nitrogens with one attached hydrogen (secondary N) is 2. The third-order valence-electron chi connectivity index (χ3n) is 2.52. The highest BCUT2D eigenvalue weighted by Crippen LogP contribution is 2.27. The van der Waals surface area contributed by atoms with Gasteiger partial charge in [-0.2, -0.15) is 0 Å². The van der Waals surface area contributed by atoms with E-state index in [9.17, 15) is 4.79 Å². The molecule has 0 saturated heterocycles. The van der Waals surface area contributed by atoms with E-state index >= 15 is 0 Å². The summed E-state index contributed by atoms with van der Waals surface area (Å²) in [5.74, 6) is 0.959. The van der Waals surface area contributed by atoms with Crippen molar-refractivity contribution in [3.8, 4) is 0 Å². The van der Waals surface area contributed by atoms with Crippen molar-refractivity contribution in [1.82, 2.24) is 15.5 Å². The zero-order valence-electron chi connectivity index (χ0n) is 9.88. The van der Waals surface area contributed by atoms with Gasteiger partial charge in [-0.15, -0.1) is 0 Å². The van der Waals surface area contributed by atoms with E-state index in [4.69, 9.17) is 0 Å². The van der Waals surface area contributed by atoms with Crippen LogP contribution in [0.25, 0.3) is 0 Å². The van der Waals surface area contributed by atoms with Crippen LogP contribution in [0.5, 0.6) is 0 Å². The third-order valence-corrected chi connectivity index (χ3v) is 2.52. The normalized spacial score (nSPS) is 15.7. The topological polar surface area (TPSA) is 44.4 Å². The molecule has 0 spiro atoms. The third kappa shape index (κ3) is 7.33. The van der Waals surface area contributed by atoms with E-state index in [0.717, 1.165) is 32.0 Å². The van der Waals surface area contributed by atoms with Crippen LogP contribution < -0.4 is 10.6 Å². The lowest BCUT2D eigenvalue weighted by Gasteiger charge is -2.10. The molecule has 1 aliphatic rings. The quantitative estimate of drug-likeness (QED) is 0.560. The first-order valence-corrected chi connectivity index (χ1v) is 5.80. The van der Waals surface area contributed by atoms with E-state index in [1.54, 1.807) is 0 Å². The Morgan fingerprint density at radius 3 is 2.73 bits per heavy atom. The highest BCUT2D eigenvalue weighted by molar-refractivity contribution is 5.77. The second kappa shape index (κ2) is 6.80. The molecule has 0 aromatic heterocycles. The van der Waals surface area contributed by atoms with Crippen LogP contribution >= 0.6 is 0 Å². The van der Waals surface area contributed by atoms with Crippen molar-refractivity contribution in [2.45, 2.75) is 19.3 Å². The average molecular weight is 213 g/mol. The Morgan fingerprint density at radius 1 is 1.40 bits per heavy atom. The minimum Gasteiger partial charge on any atom is -0.355 e. The first kappa shape index (κ1) is 12.5. The Morgan fingerprint density at radius 2 is 2.13 bits per heavy atom. The molecule has 15 heavy (non-hydrogen) atoms. The van der Waals surface area contributed by atoms with Gasteiger partial charge in [0.25, 0.3) is 0 Å². The summed E-state index contributed by atoms with van der Waals surface area (Å²) in [6.45, 7) is 3.28. The molecule has 0 unspecified atom stereocenters. The van der Waals surface area contributed by atoms with Crippen LogP contribution in [0.2, 0.25) is 0 Å².